The number of aromatic nitrogens is 2. The van der Waals surface area contributed by atoms with Crippen LogP contribution in [0.3, 0.4) is 0 Å². The summed E-state index contributed by atoms with van der Waals surface area (Å²) in [6.45, 7) is 2.41. The third-order valence-corrected chi connectivity index (χ3v) is 4.40. The maximum absolute atomic E-state index is 12.1. The fourth-order valence-corrected chi connectivity index (χ4v) is 2.91. The first-order valence-corrected chi connectivity index (χ1v) is 8.66. The molecule has 2 heterocycles. The summed E-state index contributed by atoms with van der Waals surface area (Å²) >= 11 is 1.14. The minimum absolute atomic E-state index is 0.0227. The summed E-state index contributed by atoms with van der Waals surface area (Å²) in [5, 5.41) is 11.3. The molecule has 0 bridgehead atoms. The number of rotatable bonds is 6. The predicted octanol–water partition coefficient (Wildman–Crippen LogP) is 1.17. The molecule has 0 atom stereocenters. The predicted molar refractivity (Wildman–Crippen MR) is 91.4 cm³/mol. The molecule has 0 unspecified atom stereocenters. The van der Waals surface area contributed by atoms with Gasteiger partial charge in [-0.1, -0.05) is 29.5 Å². The van der Waals surface area contributed by atoms with E-state index in [2.05, 4.69) is 15.5 Å². The van der Waals surface area contributed by atoms with Gasteiger partial charge in [-0.05, 0) is 12.1 Å². The van der Waals surface area contributed by atoms with Gasteiger partial charge in [0.25, 0.3) is 5.91 Å². The Kier molecular flexibility index (Phi) is 6.04. The van der Waals surface area contributed by atoms with Crippen LogP contribution in [0.1, 0.15) is 14.8 Å². The molecule has 1 N–H and O–H groups in total. The largest absolute Gasteiger partial charge is 0.378 e. The summed E-state index contributed by atoms with van der Waals surface area (Å²) in [6.07, 6.45) is 0. The van der Waals surface area contributed by atoms with Crippen molar-refractivity contribution in [3.8, 4) is 0 Å². The summed E-state index contributed by atoms with van der Waals surface area (Å²) in [6, 6.07) is 9.12. The number of benzene rings is 1. The minimum Gasteiger partial charge on any atom is -0.378 e. The van der Waals surface area contributed by atoms with Crippen molar-refractivity contribution in [3.05, 3.63) is 40.3 Å². The third kappa shape index (κ3) is 5.05. The molecule has 0 saturated carbocycles. The van der Waals surface area contributed by atoms with Crippen LogP contribution < -0.4 is 5.32 Å². The van der Waals surface area contributed by atoms with Crippen LogP contribution in [0.15, 0.2) is 30.3 Å². The Balaban J connectivity index is 1.45. The number of carbonyl (C=O) groups is 2. The van der Waals surface area contributed by atoms with Gasteiger partial charge in [0.1, 0.15) is 18.2 Å². The molecule has 1 aromatic heterocycles. The second-order valence-corrected chi connectivity index (χ2v) is 6.37. The second-order valence-electron chi connectivity index (χ2n) is 5.31. The molecule has 1 aromatic carbocycles. The summed E-state index contributed by atoms with van der Waals surface area (Å²) in [5.41, 5.74) is 0.691. The van der Waals surface area contributed by atoms with Crippen LogP contribution in [0.5, 0.6) is 0 Å². The number of ether oxygens (including phenoxy) is 2. The van der Waals surface area contributed by atoms with E-state index in [1.54, 1.807) is 17.0 Å². The highest BCUT2D eigenvalue weighted by Crippen LogP contribution is 2.14. The van der Waals surface area contributed by atoms with Crippen LogP contribution in [0, 0.1) is 0 Å². The van der Waals surface area contributed by atoms with Crippen molar-refractivity contribution < 1.29 is 19.1 Å². The number of nitrogens with one attached hydrogen (secondary N) is 1. The molecule has 25 heavy (non-hydrogen) atoms. The monoisotopic (exact) mass is 362 g/mol. The normalized spacial score (nSPS) is 14.3. The van der Waals surface area contributed by atoms with Crippen LogP contribution in [-0.2, 0) is 20.9 Å². The van der Waals surface area contributed by atoms with Crippen LogP contribution >= 0.6 is 11.3 Å². The Morgan fingerprint density at radius 3 is 2.72 bits per heavy atom. The molecular weight excluding hydrogens is 344 g/mol. The zero-order valence-corrected chi connectivity index (χ0v) is 14.3. The molecule has 0 radical (unpaired) electrons. The summed E-state index contributed by atoms with van der Waals surface area (Å²) in [5.74, 6) is -0.394. The first-order valence-electron chi connectivity index (χ1n) is 7.84. The summed E-state index contributed by atoms with van der Waals surface area (Å²) in [4.78, 5) is 25.8. The number of hydrogen-bond donors (Lipinski definition) is 1. The standard InChI is InChI=1S/C16H18N4O4S/c21-14(20-6-8-23-9-7-20)11-24-10-13-18-19-16(25-13)15(22)17-12-4-2-1-3-5-12/h1-5H,6-11H2,(H,17,22). The van der Waals surface area contributed by atoms with E-state index in [0.29, 0.717) is 37.0 Å². The quantitative estimate of drug-likeness (QED) is 0.829. The summed E-state index contributed by atoms with van der Waals surface area (Å²) in [7, 11) is 0. The zero-order valence-electron chi connectivity index (χ0n) is 13.5. The number of morpholine rings is 1. The Bertz CT molecular complexity index is 716. The van der Waals surface area contributed by atoms with Gasteiger partial charge in [-0.2, -0.15) is 0 Å². The number of carbonyl (C=O) groups excluding carboxylic acids is 2. The van der Waals surface area contributed by atoms with Crippen LogP contribution in [0.2, 0.25) is 0 Å². The number of nitrogens with zero attached hydrogens (tertiary/aromatic N) is 3. The smallest absolute Gasteiger partial charge is 0.286 e. The highest BCUT2D eigenvalue weighted by molar-refractivity contribution is 7.13. The third-order valence-electron chi connectivity index (χ3n) is 3.51. The maximum Gasteiger partial charge on any atom is 0.286 e. The van der Waals surface area contributed by atoms with Crippen LogP contribution in [0.25, 0.3) is 0 Å². The van der Waals surface area contributed by atoms with Crippen LogP contribution in [0.4, 0.5) is 5.69 Å². The fourth-order valence-electron chi connectivity index (χ4n) is 2.24. The molecule has 2 amide bonds. The lowest BCUT2D eigenvalue weighted by Gasteiger charge is -2.26. The molecule has 9 heteroatoms. The van der Waals surface area contributed by atoms with Gasteiger partial charge in [0.15, 0.2) is 0 Å². The van der Waals surface area contributed by atoms with Crippen molar-refractivity contribution in [2.45, 2.75) is 6.61 Å². The molecule has 2 aromatic rings. The molecule has 0 spiro atoms. The topological polar surface area (TPSA) is 93.7 Å². The molecule has 1 aliphatic rings. The van der Waals surface area contributed by atoms with Crippen molar-refractivity contribution >= 4 is 28.8 Å². The van der Waals surface area contributed by atoms with Gasteiger partial charge in [0, 0.05) is 18.8 Å². The van der Waals surface area contributed by atoms with Gasteiger partial charge >= 0.3 is 0 Å². The lowest BCUT2D eigenvalue weighted by atomic mass is 10.3. The van der Waals surface area contributed by atoms with E-state index in [0.717, 1.165) is 11.3 Å². The first kappa shape index (κ1) is 17.5. The second kappa shape index (κ2) is 8.65. The molecule has 3 rings (SSSR count). The van der Waals surface area contributed by atoms with Gasteiger partial charge in [-0.25, -0.2) is 0 Å². The fraction of sp³-hybridized carbons (Fsp3) is 0.375. The van der Waals surface area contributed by atoms with Crippen molar-refractivity contribution in [1.29, 1.82) is 0 Å². The van der Waals surface area contributed by atoms with Gasteiger partial charge < -0.3 is 19.7 Å². The Morgan fingerprint density at radius 2 is 1.96 bits per heavy atom. The Hall–Kier alpha value is -2.36. The molecule has 0 aliphatic carbocycles. The average Bonchev–Trinajstić information content (AvgIpc) is 3.12. The van der Waals surface area contributed by atoms with E-state index in [1.165, 1.54) is 0 Å². The zero-order chi connectivity index (χ0) is 17.5. The minimum atomic E-state index is -0.320. The van der Waals surface area contributed by atoms with Gasteiger partial charge in [0.05, 0.1) is 13.2 Å². The Morgan fingerprint density at radius 1 is 1.20 bits per heavy atom. The van der Waals surface area contributed by atoms with E-state index < -0.39 is 0 Å². The van der Waals surface area contributed by atoms with E-state index in [-0.39, 0.29) is 30.0 Å². The van der Waals surface area contributed by atoms with Crippen molar-refractivity contribution in [1.82, 2.24) is 15.1 Å². The first-order chi connectivity index (χ1) is 12.2. The Labute approximate surface area is 148 Å². The molecule has 1 aliphatic heterocycles. The van der Waals surface area contributed by atoms with E-state index >= 15 is 0 Å². The van der Waals surface area contributed by atoms with Crippen molar-refractivity contribution in [2.75, 3.05) is 38.2 Å². The average molecular weight is 362 g/mol. The molecule has 132 valence electrons. The van der Waals surface area contributed by atoms with E-state index in [1.807, 2.05) is 18.2 Å². The van der Waals surface area contributed by atoms with Gasteiger partial charge in [0.2, 0.25) is 10.9 Å². The molecular formula is C16H18N4O4S. The van der Waals surface area contributed by atoms with Gasteiger partial charge in [-0.15, -0.1) is 10.2 Å². The maximum atomic E-state index is 12.1. The number of amides is 2. The summed E-state index contributed by atoms with van der Waals surface area (Å²) < 4.78 is 10.6. The lowest BCUT2D eigenvalue weighted by Crippen LogP contribution is -2.42. The van der Waals surface area contributed by atoms with Crippen LogP contribution in [-0.4, -0.2) is 59.8 Å². The highest BCUT2D eigenvalue weighted by Gasteiger charge is 2.17. The molecule has 8 nitrogen and oxygen atoms in total. The van der Waals surface area contributed by atoms with E-state index in [4.69, 9.17) is 9.47 Å². The van der Waals surface area contributed by atoms with Crippen molar-refractivity contribution in [3.63, 3.8) is 0 Å². The number of para-hydroxylation sites is 1. The number of hydrogen-bond acceptors (Lipinski definition) is 7. The lowest BCUT2D eigenvalue weighted by molar-refractivity contribution is -0.140. The van der Waals surface area contributed by atoms with Crippen molar-refractivity contribution in [2.24, 2.45) is 0 Å². The SMILES string of the molecule is O=C(Nc1ccccc1)c1nnc(COCC(=O)N2CCOCC2)s1. The van der Waals surface area contributed by atoms with Gasteiger partial charge in [-0.3, -0.25) is 9.59 Å². The molecule has 1 fully saturated rings. The highest BCUT2D eigenvalue weighted by atomic mass is 32.1. The van der Waals surface area contributed by atoms with E-state index in [9.17, 15) is 9.59 Å². The molecule has 1 saturated heterocycles. The number of anilines is 1.